The quantitative estimate of drug-likeness (QED) is 0.567. The number of aromatic nitrogens is 1. The van der Waals surface area contributed by atoms with Gasteiger partial charge in [0, 0.05) is 30.2 Å². The second kappa shape index (κ2) is 9.92. The van der Waals surface area contributed by atoms with Gasteiger partial charge in [-0.2, -0.15) is 0 Å². The van der Waals surface area contributed by atoms with Gasteiger partial charge in [-0.05, 0) is 69.2 Å². The molecule has 7 heteroatoms. The minimum atomic E-state index is -0.262. The van der Waals surface area contributed by atoms with Gasteiger partial charge in [-0.15, -0.1) is 0 Å². The molecule has 3 aromatic rings. The number of hydrogen-bond acceptors (Lipinski definition) is 4. The molecule has 0 spiro atoms. The van der Waals surface area contributed by atoms with Gasteiger partial charge < -0.3 is 24.7 Å². The van der Waals surface area contributed by atoms with E-state index in [0.29, 0.717) is 23.4 Å². The lowest BCUT2D eigenvalue weighted by Gasteiger charge is -2.14. The number of ether oxygens (including phenoxy) is 2. The van der Waals surface area contributed by atoms with Gasteiger partial charge in [0.05, 0.1) is 30.0 Å². The van der Waals surface area contributed by atoms with Crippen molar-refractivity contribution in [2.24, 2.45) is 0 Å². The number of amides is 2. The minimum Gasteiger partial charge on any atom is -0.497 e. The van der Waals surface area contributed by atoms with Gasteiger partial charge in [0.1, 0.15) is 5.75 Å². The smallest absolute Gasteiger partial charge is 0.257 e. The Kier molecular flexibility index (Phi) is 6.79. The third kappa shape index (κ3) is 4.93. The third-order valence-electron chi connectivity index (χ3n) is 5.94. The van der Waals surface area contributed by atoms with Crippen LogP contribution in [0, 0.1) is 13.8 Å². The molecule has 1 unspecified atom stereocenters. The summed E-state index contributed by atoms with van der Waals surface area (Å²) in [5.41, 5.74) is 4.15. The molecule has 1 aromatic heterocycles. The molecule has 1 saturated heterocycles. The Morgan fingerprint density at radius 2 is 1.82 bits per heavy atom. The van der Waals surface area contributed by atoms with Crippen molar-refractivity contribution in [2.45, 2.75) is 32.8 Å². The van der Waals surface area contributed by atoms with Gasteiger partial charge >= 0.3 is 0 Å². The summed E-state index contributed by atoms with van der Waals surface area (Å²) >= 11 is 0. The topological polar surface area (TPSA) is 81.6 Å². The minimum absolute atomic E-state index is 0.0547. The van der Waals surface area contributed by atoms with Crippen LogP contribution in [0.15, 0.2) is 54.6 Å². The van der Waals surface area contributed by atoms with E-state index in [2.05, 4.69) is 10.6 Å². The number of benzene rings is 2. The van der Waals surface area contributed by atoms with Crippen LogP contribution < -0.4 is 15.4 Å². The van der Waals surface area contributed by atoms with E-state index in [9.17, 15) is 9.59 Å². The van der Waals surface area contributed by atoms with Gasteiger partial charge in [-0.3, -0.25) is 9.59 Å². The Labute approximate surface area is 193 Å². The molecule has 1 fully saturated rings. The third-order valence-corrected chi connectivity index (χ3v) is 5.94. The zero-order valence-electron chi connectivity index (χ0n) is 19.2. The van der Waals surface area contributed by atoms with Crippen LogP contribution in [0.5, 0.6) is 5.75 Å². The fraction of sp³-hybridized carbons (Fsp3) is 0.308. The second-order valence-corrected chi connectivity index (χ2v) is 8.16. The first-order chi connectivity index (χ1) is 16.0. The number of carbonyl (C=O) groups is 2. The average molecular weight is 448 g/mol. The summed E-state index contributed by atoms with van der Waals surface area (Å²) in [4.78, 5) is 25.9. The van der Waals surface area contributed by atoms with Crippen LogP contribution in [0.25, 0.3) is 5.69 Å². The van der Waals surface area contributed by atoms with Crippen molar-refractivity contribution in [2.75, 3.05) is 25.6 Å². The van der Waals surface area contributed by atoms with Crippen molar-refractivity contribution in [1.29, 1.82) is 0 Å². The van der Waals surface area contributed by atoms with Crippen LogP contribution in [0.3, 0.4) is 0 Å². The number of rotatable bonds is 7. The van der Waals surface area contributed by atoms with Crippen LogP contribution >= 0.6 is 0 Å². The maximum Gasteiger partial charge on any atom is 0.257 e. The molecule has 33 heavy (non-hydrogen) atoms. The standard InChI is InChI=1S/C26H29N3O4/c1-17-15-23(18(2)29(17)19-10-12-20(32-3)13-11-19)26(31)28-24-9-5-4-8-22(24)25(30)27-16-21-7-6-14-33-21/h4-5,8-13,15,21H,6-7,14,16H2,1-3H3,(H,27,30)(H,28,31). The maximum atomic E-state index is 13.2. The zero-order chi connectivity index (χ0) is 23.4. The Bertz CT molecular complexity index is 1140. The number of hydrogen-bond donors (Lipinski definition) is 2. The van der Waals surface area contributed by atoms with E-state index in [4.69, 9.17) is 9.47 Å². The summed E-state index contributed by atoms with van der Waals surface area (Å²) in [7, 11) is 1.63. The van der Waals surface area contributed by atoms with E-state index < -0.39 is 0 Å². The lowest BCUT2D eigenvalue weighted by molar-refractivity contribution is 0.0858. The molecule has 172 valence electrons. The Hall–Kier alpha value is -3.58. The monoisotopic (exact) mass is 447 g/mol. The first-order valence-corrected chi connectivity index (χ1v) is 11.1. The highest BCUT2D eigenvalue weighted by Crippen LogP contribution is 2.24. The van der Waals surface area contributed by atoms with Crippen molar-refractivity contribution in [3.05, 3.63) is 77.1 Å². The molecule has 0 radical (unpaired) electrons. The predicted octanol–water partition coefficient (Wildman–Crippen LogP) is 4.26. The summed E-state index contributed by atoms with van der Waals surface area (Å²) < 4.78 is 12.8. The van der Waals surface area contributed by atoms with Crippen LogP contribution in [0.1, 0.15) is 44.9 Å². The van der Waals surface area contributed by atoms with Crippen molar-refractivity contribution in [3.63, 3.8) is 0 Å². The average Bonchev–Trinajstić information content (AvgIpc) is 3.45. The molecule has 1 aliphatic rings. The summed E-state index contributed by atoms with van der Waals surface area (Å²) in [6.45, 7) is 5.07. The number of nitrogens with zero attached hydrogens (tertiary/aromatic N) is 1. The first kappa shape index (κ1) is 22.6. The van der Waals surface area contributed by atoms with Gasteiger partial charge in [-0.25, -0.2) is 0 Å². The van der Waals surface area contributed by atoms with Gasteiger partial charge in [0.15, 0.2) is 0 Å². The molecule has 4 rings (SSSR count). The summed E-state index contributed by atoms with van der Waals surface area (Å²) in [5.74, 6) is 0.279. The number of anilines is 1. The molecule has 1 atom stereocenters. The lowest BCUT2D eigenvalue weighted by Crippen LogP contribution is -2.32. The van der Waals surface area contributed by atoms with Crippen molar-refractivity contribution in [3.8, 4) is 11.4 Å². The lowest BCUT2D eigenvalue weighted by atomic mass is 10.1. The predicted molar refractivity (Wildman–Crippen MR) is 127 cm³/mol. The van der Waals surface area contributed by atoms with Crippen molar-refractivity contribution < 1.29 is 19.1 Å². The SMILES string of the molecule is COc1ccc(-n2c(C)cc(C(=O)Nc3ccccc3C(=O)NCC3CCCO3)c2C)cc1. The van der Waals surface area contributed by atoms with Gasteiger partial charge in [0.25, 0.3) is 11.8 Å². The van der Waals surface area contributed by atoms with E-state index >= 15 is 0 Å². The summed E-state index contributed by atoms with van der Waals surface area (Å²) in [6, 6.07) is 16.6. The molecular weight excluding hydrogens is 418 g/mol. The highest BCUT2D eigenvalue weighted by atomic mass is 16.5. The van der Waals surface area contributed by atoms with E-state index in [-0.39, 0.29) is 17.9 Å². The molecule has 0 saturated carbocycles. The molecule has 1 aliphatic heterocycles. The molecule has 2 N–H and O–H groups in total. The van der Waals surface area contributed by atoms with Gasteiger partial charge in [0.2, 0.25) is 0 Å². The Morgan fingerprint density at radius 1 is 1.06 bits per heavy atom. The van der Waals surface area contributed by atoms with Crippen LogP contribution in [0.2, 0.25) is 0 Å². The van der Waals surface area contributed by atoms with Crippen molar-refractivity contribution in [1.82, 2.24) is 9.88 Å². The zero-order valence-corrected chi connectivity index (χ0v) is 19.2. The molecule has 2 heterocycles. The number of para-hydroxylation sites is 1. The van der Waals surface area contributed by atoms with Crippen molar-refractivity contribution >= 4 is 17.5 Å². The Morgan fingerprint density at radius 3 is 2.52 bits per heavy atom. The number of methoxy groups -OCH3 is 1. The summed E-state index contributed by atoms with van der Waals surface area (Å²) in [6.07, 6.45) is 2.02. The fourth-order valence-corrected chi connectivity index (χ4v) is 4.21. The molecular formula is C26H29N3O4. The number of carbonyl (C=O) groups excluding carboxylic acids is 2. The van der Waals surface area contributed by atoms with Gasteiger partial charge in [-0.1, -0.05) is 12.1 Å². The normalized spacial score (nSPS) is 15.3. The van der Waals surface area contributed by atoms with Crippen LogP contribution in [0.4, 0.5) is 5.69 Å². The Balaban J connectivity index is 1.52. The molecule has 2 amide bonds. The molecule has 7 nitrogen and oxygen atoms in total. The fourth-order valence-electron chi connectivity index (χ4n) is 4.21. The highest BCUT2D eigenvalue weighted by molar-refractivity contribution is 6.09. The summed E-state index contributed by atoms with van der Waals surface area (Å²) in [5, 5.41) is 5.84. The number of nitrogens with one attached hydrogen (secondary N) is 2. The van der Waals surface area contributed by atoms with E-state index in [1.807, 2.05) is 48.7 Å². The van der Waals surface area contributed by atoms with E-state index in [0.717, 1.165) is 42.3 Å². The molecule has 0 bridgehead atoms. The maximum absolute atomic E-state index is 13.2. The van der Waals surface area contributed by atoms with Crippen LogP contribution in [-0.4, -0.2) is 42.7 Å². The number of aryl methyl sites for hydroxylation is 1. The largest absolute Gasteiger partial charge is 0.497 e. The molecule has 0 aliphatic carbocycles. The molecule has 2 aromatic carbocycles. The second-order valence-electron chi connectivity index (χ2n) is 8.16. The van der Waals surface area contributed by atoms with E-state index in [1.54, 1.807) is 31.4 Å². The van der Waals surface area contributed by atoms with Crippen LogP contribution in [-0.2, 0) is 4.74 Å². The first-order valence-electron chi connectivity index (χ1n) is 11.1. The van der Waals surface area contributed by atoms with E-state index in [1.165, 1.54) is 0 Å². The highest BCUT2D eigenvalue weighted by Gasteiger charge is 2.21.